The Kier molecular flexibility index (Phi) is 2.80. The maximum atomic E-state index is 11.4. The molecule has 1 aliphatic heterocycles. The molecule has 0 saturated carbocycles. The van der Waals surface area contributed by atoms with E-state index in [-0.39, 0.29) is 12.7 Å². The van der Waals surface area contributed by atoms with Crippen molar-refractivity contribution in [1.29, 1.82) is 0 Å². The first kappa shape index (κ1) is 10.9. The number of hydrogen-bond acceptors (Lipinski definition) is 5. The van der Waals surface area contributed by atoms with Gasteiger partial charge in [-0.2, -0.15) is 0 Å². The summed E-state index contributed by atoms with van der Waals surface area (Å²) in [6, 6.07) is 0. The van der Waals surface area contributed by atoms with Crippen LogP contribution in [0.15, 0.2) is 15.8 Å². The molecule has 7 nitrogen and oxygen atoms in total. The molecule has 2 heterocycles. The first-order valence-corrected chi connectivity index (χ1v) is 4.92. The van der Waals surface area contributed by atoms with Crippen molar-refractivity contribution in [3.05, 3.63) is 27.0 Å². The van der Waals surface area contributed by atoms with Crippen molar-refractivity contribution in [1.82, 2.24) is 9.55 Å². The summed E-state index contributed by atoms with van der Waals surface area (Å²) in [5.74, 6) is -0.532. The molecule has 0 spiro atoms. The number of aromatic nitrogens is 2. The lowest BCUT2D eigenvalue weighted by Crippen LogP contribution is -2.32. The number of ether oxygens (including phenoxy) is 1. The van der Waals surface area contributed by atoms with E-state index >= 15 is 0 Å². The Bertz CT molecular complexity index is 491. The fourth-order valence-electron chi connectivity index (χ4n) is 1.71. The van der Waals surface area contributed by atoms with Gasteiger partial charge in [0.2, 0.25) is 0 Å². The van der Waals surface area contributed by atoms with Crippen LogP contribution in [0, 0.1) is 0 Å². The summed E-state index contributed by atoms with van der Waals surface area (Å²) >= 11 is 0. The molecule has 1 aromatic rings. The van der Waals surface area contributed by atoms with Crippen LogP contribution in [0.4, 0.5) is 0 Å². The summed E-state index contributed by atoms with van der Waals surface area (Å²) < 4.78 is 6.47. The quantitative estimate of drug-likeness (QED) is 0.596. The molecule has 0 radical (unpaired) electrons. The van der Waals surface area contributed by atoms with E-state index in [2.05, 4.69) is 0 Å². The van der Waals surface area contributed by atoms with E-state index in [1.54, 1.807) is 0 Å². The Morgan fingerprint density at radius 1 is 1.50 bits per heavy atom. The summed E-state index contributed by atoms with van der Waals surface area (Å²) in [5, 5.41) is 18.1. The smallest absolute Gasteiger partial charge is 0.330 e. The molecule has 1 saturated heterocycles. The van der Waals surface area contributed by atoms with Gasteiger partial charge >= 0.3 is 5.69 Å². The molecule has 1 fully saturated rings. The van der Waals surface area contributed by atoms with Gasteiger partial charge in [-0.25, -0.2) is 4.79 Å². The van der Waals surface area contributed by atoms with Gasteiger partial charge in [0.15, 0.2) is 5.75 Å². The van der Waals surface area contributed by atoms with Crippen molar-refractivity contribution in [2.24, 2.45) is 0 Å². The predicted molar refractivity (Wildman–Crippen MR) is 53.2 cm³/mol. The number of aliphatic hydroxyl groups is 1. The fraction of sp³-hybridized carbons (Fsp3) is 0.556. The van der Waals surface area contributed by atoms with E-state index in [1.165, 1.54) is 0 Å². The van der Waals surface area contributed by atoms with Gasteiger partial charge in [0.05, 0.1) is 18.9 Å². The number of hydrogen-bond donors (Lipinski definition) is 3. The average Bonchev–Trinajstić information content (AvgIpc) is 2.71. The van der Waals surface area contributed by atoms with E-state index in [0.717, 1.165) is 10.8 Å². The number of aliphatic hydroxyl groups excluding tert-OH is 1. The molecule has 0 bridgehead atoms. The van der Waals surface area contributed by atoms with Crippen molar-refractivity contribution >= 4 is 0 Å². The molecule has 7 heteroatoms. The van der Waals surface area contributed by atoms with Crippen LogP contribution < -0.4 is 11.2 Å². The zero-order valence-corrected chi connectivity index (χ0v) is 8.42. The van der Waals surface area contributed by atoms with Crippen LogP contribution >= 0.6 is 0 Å². The summed E-state index contributed by atoms with van der Waals surface area (Å²) in [4.78, 5) is 24.3. The average molecular weight is 228 g/mol. The van der Waals surface area contributed by atoms with Gasteiger partial charge < -0.3 is 14.9 Å². The van der Waals surface area contributed by atoms with Crippen LogP contribution in [0.25, 0.3) is 0 Å². The Morgan fingerprint density at radius 2 is 2.25 bits per heavy atom. The van der Waals surface area contributed by atoms with Gasteiger partial charge in [-0.1, -0.05) is 0 Å². The second-order valence-corrected chi connectivity index (χ2v) is 3.65. The molecule has 2 rings (SSSR count). The molecular weight excluding hydrogens is 216 g/mol. The summed E-state index contributed by atoms with van der Waals surface area (Å²) in [6.07, 6.45) is 1.38. The highest BCUT2D eigenvalue weighted by molar-refractivity contribution is 5.09. The minimum absolute atomic E-state index is 0.111. The number of rotatable bonds is 2. The number of nitrogens with zero attached hydrogens (tertiary/aromatic N) is 1. The zero-order chi connectivity index (χ0) is 11.7. The number of H-pyrrole nitrogens is 1. The van der Waals surface area contributed by atoms with Crippen molar-refractivity contribution in [3.63, 3.8) is 0 Å². The van der Waals surface area contributed by atoms with Gasteiger partial charge in [-0.3, -0.25) is 14.3 Å². The molecule has 0 aliphatic carbocycles. The van der Waals surface area contributed by atoms with Crippen LogP contribution in [0.1, 0.15) is 19.1 Å². The van der Waals surface area contributed by atoms with E-state index in [4.69, 9.17) is 9.84 Å². The summed E-state index contributed by atoms with van der Waals surface area (Å²) in [6.45, 7) is -0.111. The lowest BCUT2D eigenvalue weighted by molar-refractivity contribution is -0.0249. The van der Waals surface area contributed by atoms with Gasteiger partial charge in [0.1, 0.15) is 6.23 Å². The zero-order valence-electron chi connectivity index (χ0n) is 8.42. The summed E-state index contributed by atoms with van der Waals surface area (Å²) in [5.41, 5.74) is -1.45. The highest BCUT2D eigenvalue weighted by Crippen LogP contribution is 2.26. The van der Waals surface area contributed by atoms with E-state index in [9.17, 15) is 14.7 Å². The first-order valence-electron chi connectivity index (χ1n) is 4.92. The van der Waals surface area contributed by atoms with Crippen molar-refractivity contribution in [3.8, 4) is 5.75 Å². The minimum Gasteiger partial charge on any atom is -0.502 e. The molecule has 3 N–H and O–H groups in total. The third-order valence-corrected chi connectivity index (χ3v) is 2.55. The van der Waals surface area contributed by atoms with Gasteiger partial charge in [-0.05, 0) is 12.8 Å². The predicted octanol–water partition coefficient (Wildman–Crippen LogP) is -1.09. The normalized spacial score (nSPS) is 24.8. The van der Waals surface area contributed by atoms with Crippen LogP contribution in [-0.2, 0) is 4.74 Å². The van der Waals surface area contributed by atoms with Crippen LogP contribution in [0.3, 0.4) is 0 Å². The summed E-state index contributed by atoms with van der Waals surface area (Å²) in [7, 11) is 0. The Hall–Kier alpha value is -1.60. The Morgan fingerprint density at radius 3 is 2.88 bits per heavy atom. The molecule has 16 heavy (non-hydrogen) atoms. The molecule has 2 atom stereocenters. The van der Waals surface area contributed by atoms with E-state index in [1.807, 2.05) is 4.98 Å². The third kappa shape index (κ3) is 1.86. The molecule has 0 aromatic carbocycles. The standard InChI is InChI=1S/C9H12N2O5/c12-4-5-1-2-7(16-5)11-3-6(13)8(14)10-9(11)15/h3,5,7,12-13H,1-2,4H2,(H,10,14,15). The van der Waals surface area contributed by atoms with E-state index in [0.29, 0.717) is 12.8 Å². The third-order valence-electron chi connectivity index (χ3n) is 2.55. The topological polar surface area (TPSA) is 105 Å². The SMILES string of the molecule is O=c1[nH]c(=O)n(C2CCC(CO)O2)cc1O. The second-order valence-electron chi connectivity index (χ2n) is 3.65. The van der Waals surface area contributed by atoms with Crippen LogP contribution in [0.5, 0.6) is 5.75 Å². The number of aromatic amines is 1. The highest BCUT2D eigenvalue weighted by atomic mass is 16.5. The number of aromatic hydroxyl groups is 1. The lowest BCUT2D eigenvalue weighted by atomic mass is 10.2. The first-order chi connectivity index (χ1) is 7.61. The largest absolute Gasteiger partial charge is 0.502 e. The van der Waals surface area contributed by atoms with E-state index < -0.39 is 23.2 Å². The molecule has 88 valence electrons. The van der Waals surface area contributed by atoms with Crippen LogP contribution in [0.2, 0.25) is 0 Å². The maximum absolute atomic E-state index is 11.4. The number of nitrogens with one attached hydrogen (secondary N) is 1. The highest BCUT2D eigenvalue weighted by Gasteiger charge is 2.27. The maximum Gasteiger partial charge on any atom is 0.330 e. The second kappa shape index (κ2) is 4.11. The molecule has 0 amide bonds. The molecule has 1 aromatic heterocycles. The lowest BCUT2D eigenvalue weighted by Gasteiger charge is -2.14. The van der Waals surface area contributed by atoms with Crippen LogP contribution in [-0.4, -0.2) is 32.5 Å². The van der Waals surface area contributed by atoms with Gasteiger partial charge in [0, 0.05) is 0 Å². The minimum atomic E-state index is -0.821. The molecular formula is C9H12N2O5. The van der Waals surface area contributed by atoms with Gasteiger partial charge in [0.25, 0.3) is 5.56 Å². The molecule has 1 aliphatic rings. The van der Waals surface area contributed by atoms with Gasteiger partial charge in [-0.15, -0.1) is 0 Å². The van der Waals surface area contributed by atoms with Crippen molar-refractivity contribution in [2.45, 2.75) is 25.2 Å². The fourth-order valence-corrected chi connectivity index (χ4v) is 1.71. The molecule has 2 unspecified atom stereocenters. The Labute approximate surface area is 89.9 Å². The van der Waals surface area contributed by atoms with Crippen molar-refractivity contribution in [2.75, 3.05) is 6.61 Å². The Balaban J connectivity index is 2.32. The monoisotopic (exact) mass is 228 g/mol. The van der Waals surface area contributed by atoms with Crippen molar-refractivity contribution < 1.29 is 14.9 Å².